The van der Waals surface area contributed by atoms with E-state index in [1.165, 1.54) is 17.4 Å². The zero-order chi connectivity index (χ0) is 16.0. The Morgan fingerprint density at radius 2 is 2.17 bits per heavy atom. The second kappa shape index (κ2) is 5.17. The summed E-state index contributed by atoms with van der Waals surface area (Å²) < 4.78 is 0.994. The minimum atomic E-state index is -0.490. The molecule has 0 saturated heterocycles. The zero-order valence-electron chi connectivity index (χ0n) is 12.3. The molecule has 23 heavy (non-hydrogen) atoms. The molecule has 0 radical (unpaired) electrons. The molecule has 0 spiro atoms. The lowest BCUT2D eigenvalue weighted by Crippen LogP contribution is -2.15. The van der Waals surface area contributed by atoms with Gasteiger partial charge in [-0.05, 0) is 42.3 Å². The molecule has 1 atom stereocenters. The first-order valence-corrected chi connectivity index (χ1v) is 7.96. The van der Waals surface area contributed by atoms with E-state index in [4.69, 9.17) is 0 Å². The second-order valence-corrected chi connectivity index (χ2v) is 6.48. The number of thiazole rings is 1. The van der Waals surface area contributed by atoms with E-state index in [-0.39, 0.29) is 11.7 Å². The van der Waals surface area contributed by atoms with Crippen LogP contribution < -0.4 is 5.32 Å². The van der Waals surface area contributed by atoms with Gasteiger partial charge in [0, 0.05) is 18.0 Å². The first kappa shape index (κ1) is 13.9. The minimum Gasteiger partial charge on any atom is -0.511 e. The van der Waals surface area contributed by atoms with Crippen molar-refractivity contribution in [2.24, 2.45) is 5.92 Å². The third-order valence-corrected chi connectivity index (χ3v) is 4.73. The van der Waals surface area contributed by atoms with Crippen LogP contribution in [-0.2, 0) is 4.79 Å². The third kappa shape index (κ3) is 2.57. The summed E-state index contributed by atoms with van der Waals surface area (Å²) in [5.41, 5.74) is 4.16. The normalized spacial score (nSPS) is 16.2. The van der Waals surface area contributed by atoms with Crippen LogP contribution in [0.1, 0.15) is 5.56 Å². The number of aliphatic hydroxyl groups excluding tert-OH is 1. The van der Waals surface area contributed by atoms with Gasteiger partial charge in [0.2, 0.25) is 5.91 Å². The molecule has 0 fully saturated rings. The molecule has 5 nitrogen and oxygen atoms in total. The molecule has 2 heterocycles. The minimum absolute atomic E-state index is 0.123. The number of aliphatic hydroxyl groups is 1. The van der Waals surface area contributed by atoms with Gasteiger partial charge in [-0.3, -0.25) is 9.78 Å². The quantitative estimate of drug-likeness (QED) is 0.771. The molecule has 0 bridgehead atoms. The molecule has 1 amide bonds. The van der Waals surface area contributed by atoms with Gasteiger partial charge in [-0.2, -0.15) is 0 Å². The van der Waals surface area contributed by atoms with Gasteiger partial charge in [-0.25, -0.2) is 4.98 Å². The van der Waals surface area contributed by atoms with E-state index >= 15 is 0 Å². The Morgan fingerprint density at radius 1 is 1.35 bits per heavy atom. The lowest BCUT2D eigenvalue weighted by molar-refractivity contribution is -0.117. The van der Waals surface area contributed by atoms with Crippen molar-refractivity contribution in [3.8, 4) is 11.1 Å². The number of rotatable bonds is 3. The number of nitrogens with zero attached hydrogens (tertiary/aromatic N) is 2. The van der Waals surface area contributed by atoms with Crippen LogP contribution in [0.2, 0.25) is 0 Å². The number of carbonyl (C=O) groups is 1. The van der Waals surface area contributed by atoms with Crippen LogP contribution in [0.5, 0.6) is 0 Å². The summed E-state index contributed by atoms with van der Waals surface area (Å²) in [7, 11) is 0. The smallest absolute Gasteiger partial charge is 0.240 e. The van der Waals surface area contributed by atoms with Gasteiger partial charge in [0.1, 0.15) is 11.7 Å². The van der Waals surface area contributed by atoms with Crippen molar-refractivity contribution in [2.75, 3.05) is 5.32 Å². The van der Waals surface area contributed by atoms with Crippen LogP contribution in [0.4, 0.5) is 5.13 Å². The number of amides is 1. The fourth-order valence-electron chi connectivity index (χ4n) is 2.43. The number of hydrogen-bond acceptors (Lipinski definition) is 5. The lowest BCUT2D eigenvalue weighted by atomic mass is 10.0. The van der Waals surface area contributed by atoms with Gasteiger partial charge in [0.05, 0.1) is 10.2 Å². The molecular weight excluding hydrogens is 310 g/mol. The molecule has 0 saturated carbocycles. The van der Waals surface area contributed by atoms with Crippen molar-refractivity contribution >= 4 is 32.6 Å². The summed E-state index contributed by atoms with van der Waals surface area (Å²) in [5.74, 6) is -0.613. The maximum absolute atomic E-state index is 11.8. The largest absolute Gasteiger partial charge is 0.511 e. The Balaban J connectivity index is 1.64. The summed E-state index contributed by atoms with van der Waals surface area (Å²) in [6.45, 7) is 2.05. The van der Waals surface area contributed by atoms with Crippen LogP contribution in [0, 0.1) is 12.8 Å². The highest BCUT2D eigenvalue weighted by molar-refractivity contribution is 7.22. The first-order chi connectivity index (χ1) is 11.1. The average molecular weight is 323 g/mol. The molecule has 0 unspecified atom stereocenters. The van der Waals surface area contributed by atoms with E-state index in [1.807, 2.05) is 24.4 Å². The number of fused-ring (bicyclic) bond motifs is 1. The van der Waals surface area contributed by atoms with Gasteiger partial charge in [0.15, 0.2) is 5.13 Å². The van der Waals surface area contributed by atoms with Gasteiger partial charge < -0.3 is 10.4 Å². The lowest BCUT2D eigenvalue weighted by Gasteiger charge is -2.04. The number of nitrogens with one attached hydrogen (secondary N) is 1. The number of aromatic nitrogens is 2. The Kier molecular flexibility index (Phi) is 3.12. The molecule has 2 N–H and O–H groups in total. The number of aryl methyl sites for hydroxylation is 1. The Labute approximate surface area is 136 Å². The highest BCUT2D eigenvalue weighted by atomic mass is 32.1. The molecule has 114 valence electrons. The maximum atomic E-state index is 11.8. The molecule has 2 aromatic heterocycles. The SMILES string of the molecule is Cc1ccncc1-c1ccc2nc(NC(=O)[C@@H]3C=C3O)sc2c1. The second-order valence-electron chi connectivity index (χ2n) is 5.45. The van der Waals surface area contributed by atoms with E-state index < -0.39 is 5.92 Å². The zero-order valence-corrected chi connectivity index (χ0v) is 13.1. The van der Waals surface area contributed by atoms with Crippen molar-refractivity contribution in [1.29, 1.82) is 0 Å². The topological polar surface area (TPSA) is 75.1 Å². The van der Waals surface area contributed by atoms with Crippen LogP contribution in [0.15, 0.2) is 48.5 Å². The monoisotopic (exact) mass is 323 g/mol. The van der Waals surface area contributed by atoms with E-state index in [9.17, 15) is 9.90 Å². The molecule has 6 heteroatoms. The predicted octanol–water partition coefficient (Wildman–Crippen LogP) is 3.68. The van der Waals surface area contributed by atoms with Crippen molar-refractivity contribution in [2.45, 2.75) is 6.92 Å². The van der Waals surface area contributed by atoms with Crippen LogP contribution in [-0.4, -0.2) is 21.0 Å². The van der Waals surface area contributed by atoms with Gasteiger partial charge >= 0.3 is 0 Å². The van der Waals surface area contributed by atoms with Crippen molar-refractivity contribution in [3.63, 3.8) is 0 Å². The predicted molar refractivity (Wildman–Crippen MR) is 90.4 cm³/mol. The molecule has 4 rings (SSSR count). The van der Waals surface area contributed by atoms with Crippen LogP contribution >= 0.6 is 11.3 Å². The number of anilines is 1. The fourth-order valence-corrected chi connectivity index (χ4v) is 3.34. The van der Waals surface area contributed by atoms with Gasteiger partial charge in [-0.1, -0.05) is 17.4 Å². The summed E-state index contributed by atoms with van der Waals surface area (Å²) in [4.78, 5) is 20.4. The standard InChI is InChI=1S/C17H13N3O2S/c1-9-4-5-18-8-12(9)10-2-3-13-15(6-10)23-17(19-13)20-16(22)11-7-14(11)21/h2-8,11,21H,1H3,(H,19,20,22)/t11-/m1/s1. The summed E-state index contributed by atoms with van der Waals surface area (Å²) in [6.07, 6.45) is 5.13. The summed E-state index contributed by atoms with van der Waals surface area (Å²) in [6, 6.07) is 7.98. The number of hydrogen-bond donors (Lipinski definition) is 2. The van der Waals surface area contributed by atoms with E-state index in [2.05, 4.69) is 28.3 Å². The Morgan fingerprint density at radius 3 is 2.91 bits per heavy atom. The van der Waals surface area contributed by atoms with Crippen LogP contribution in [0.3, 0.4) is 0 Å². The van der Waals surface area contributed by atoms with Crippen molar-refractivity contribution in [1.82, 2.24) is 9.97 Å². The van der Waals surface area contributed by atoms with Gasteiger partial charge in [0.25, 0.3) is 0 Å². The summed E-state index contributed by atoms with van der Waals surface area (Å²) >= 11 is 1.42. The Bertz CT molecular complexity index is 961. The number of pyridine rings is 1. The molecule has 1 aromatic carbocycles. The van der Waals surface area contributed by atoms with Gasteiger partial charge in [-0.15, -0.1) is 0 Å². The van der Waals surface area contributed by atoms with E-state index in [0.717, 1.165) is 26.9 Å². The van der Waals surface area contributed by atoms with E-state index in [0.29, 0.717) is 5.13 Å². The van der Waals surface area contributed by atoms with Crippen molar-refractivity contribution in [3.05, 3.63) is 54.1 Å². The highest BCUT2D eigenvalue weighted by Gasteiger charge is 2.32. The average Bonchev–Trinajstić information content (AvgIpc) is 3.13. The fraction of sp³-hybridized carbons (Fsp3) is 0.118. The highest BCUT2D eigenvalue weighted by Crippen LogP contribution is 2.33. The summed E-state index contributed by atoms with van der Waals surface area (Å²) in [5, 5.41) is 12.5. The Hall–Kier alpha value is -2.73. The van der Waals surface area contributed by atoms with Crippen LogP contribution in [0.25, 0.3) is 21.3 Å². The van der Waals surface area contributed by atoms with E-state index in [1.54, 1.807) is 6.20 Å². The molecule has 1 aliphatic rings. The third-order valence-electron chi connectivity index (χ3n) is 3.80. The molecule has 3 aromatic rings. The number of benzene rings is 1. The molecule has 0 aliphatic heterocycles. The molecule has 1 aliphatic carbocycles. The maximum Gasteiger partial charge on any atom is 0.240 e. The number of carbonyl (C=O) groups excluding carboxylic acids is 1. The first-order valence-electron chi connectivity index (χ1n) is 7.15. The molecular formula is C17H13N3O2S. The van der Waals surface area contributed by atoms with Crippen molar-refractivity contribution < 1.29 is 9.90 Å².